The van der Waals surface area contributed by atoms with Crippen LogP contribution in [0, 0.1) is 24.7 Å². The molecule has 2 amide bonds. The number of rotatable bonds is 1. The second kappa shape index (κ2) is 7.14. The van der Waals surface area contributed by atoms with Crippen LogP contribution >= 0.6 is 0 Å². The van der Waals surface area contributed by atoms with Crippen LogP contribution in [-0.4, -0.2) is 35.7 Å². The van der Waals surface area contributed by atoms with E-state index in [0.29, 0.717) is 5.92 Å². The van der Waals surface area contributed by atoms with Crippen LogP contribution in [0.4, 0.5) is 10.5 Å². The Morgan fingerprint density at radius 2 is 2.29 bits per heavy atom. The number of amides is 2. The maximum absolute atomic E-state index is 12.3. The lowest BCUT2D eigenvalue weighted by molar-refractivity contribution is 0.182. The number of benzene rings is 1. The molecule has 21 heavy (non-hydrogen) atoms. The minimum absolute atomic E-state index is 0.0479. The predicted molar refractivity (Wildman–Crippen MR) is 84.1 cm³/mol. The highest BCUT2D eigenvalue weighted by atomic mass is 16.2. The Morgan fingerprint density at radius 3 is 3.00 bits per heavy atom. The van der Waals surface area contributed by atoms with Crippen LogP contribution in [0.15, 0.2) is 18.2 Å². The number of carbonyl (C=O) groups is 1. The third kappa shape index (κ3) is 4.51. The van der Waals surface area contributed by atoms with Crippen LogP contribution in [0.25, 0.3) is 0 Å². The number of aliphatic hydroxyl groups is 1. The van der Waals surface area contributed by atoms with E-state index in [1.807, 2.05) is 30.0 Å². The van der Waals surface area contributed by atoms with Crippen molar-refractivity contribution < 1.29 is 9.90 Å². The summed E-state index contributed by atoms with van der Waals surface area (Å²) in [6, 6.07) is 5.64. The Labute approximate surface area is 126 Å². The number of aryl methyl sites for hydroxylation is 1. The van der Waals surface area contributed by atoms with Gasteiger partial charge >= 0.3 is 6.03 Å². The summed E-state index contributed by atoms with van der Waals surface area (Å²) in [6.45, 7) is 5.60. The number of nitrogens with one attached hydrogen (secondary N) is 1. The van der Waals surface area contributed by atoms with Crippen LogP contribution in [0.1, 0.15) is 30.9 Å². The van der Waals surface area contributed by atoms with Gasteiger partial charge < -0.3 is 15.3 Å². The Hall–Kier alpha value is -1.99. The fraction of sp³-hybridized carbons (Fsp3) is 0.471. The lowest BCUT2D eigenvalue weighted by atomic mass is 10.0. The predicted octanol–water partition coefficient (Wildman–Crippen LogP) is 2.60. The number of hydrogen-bond acceptors (Lipinski definition) is 2. The van der Waals surface area contributed by atoms with Crippen LogP contribution in [0.2, 0.25) is 0 Å². The number of urea groups is 1. The van der Waals surface area contributed by atoms with E-state index in [2.05, 4.69) is 24.1 Å². The van der Waals surface area contributed by atoms with Crippen LogP contribution in [-0.2, 0) is 0 Å². The number of piperidine rings is 1. The van der Waals surface area contributed by atoms with Gasteiger partial charge in [0.1, 0.15) is 6.61 Å². The van der Waals surface area contributed by atoms with Gasteiger partial charge in [-0.15, -0.1) is 0 Å². The average molecular weight is 286 g/mol. The van der Waals surface area contributed by atoms with E-state index >= 15 is 0 Å². The molecule has 4 nitrogen and oxygen atoms in total. The molecule has 0 aliphatic carbocycles. The van der Waals surface area contributed by atoms with Crippen molar-refractivity contribution in [1.29, 1.82) is 0 Å². The zero-order chi connectivity index (χ0) is 15.2. The largest absolute Gasteiger partial charge is 0.384 e. The van der Waals surface area contributed by atoms with Gasteiger partial charge in [-0.2, -0.15) is 0 Å². The fourth-order valence-corrected chi connectivity index (χ4v) is 2.65. The second-order valence-electron chi connectivity index (χ2n) is 5.67. The molecule has 1 atom stereocenters. The number of aliphatic hydroxyl groups excluding tert-OH is 1. The molecule has 0 saturated carbocycles. The lowest BCUT2D eigenvalue weighted by Crippen LogP contribution is -2.41. The Balaban J connectivity index is 2.08. The SMILES string of the molecule is Cc1cc(C#CCO)cc(NC(=O)N2CCCC(C)C2)c1. The third-order valence-electron chi connectivity index (χ3n) is 3.58. The summed E-state index contributed by atoms with van der Waals surface area (Å²) >= 11 is 0. The number of hydrogen-bond donors (Lipinski definition) is 2. The molecule has 1 saturated heterocycles. The van der Waals surface area contributed by atoms with Gasteiger partial charge in [0.25, 0.3) is 0 Å². The summed E-state index contributed by atoms with van der Waals surface area (Å²) in [5, 5.41) is 11.7. The molecule has 0 radical (unpaired) electrons. The summed E-state index contributed by atoms with van der Waals surface area (Å²) in [5.41, 5.74) is 2.58. The minimum Gasteiger partial charge on any atom is -0.384 e. The maximum atomic E-state index is 12.3. The van der Waals surface area contributed by atoms with Crippen molar-refractivity contribution in [3.8, 4) is 11.8 Å². The van der Waals surface area contributed by atoms with Gasteiger partial charge in [0.05, 0.1) is 0 Å². The van der Waals surface area contributed by atoms with E-state index < -0.39 is 0 Å². The highest BCUT2D eigenvalue weighted by Crippen LogP contribution is 2.18. The number of likely N-dealkylation sites (tertiary alicyclic amines) is 1. The first-order valence-electron chi connectivity index (χ1n) is 7.36. The normalized spacial score (nSPS) is 17.9. The van der Waals surface area contributed by atoms with Crippen LogP contribution < -0.4 is 5.32 Å². The van der Waals surface area contributed by atoms with Gasteiger partial charge in [0.15, 0.2) is 0 Å². The van der Waals surface area contributed by atoms with Crippen molar-refractivity contribution in [2.24, 2.45) is 5.92 Å². The van der Waals surface area contributed by atoms with Crippen LogP contribution in [0.5, 0.6) is 0 Å². The summed E-state index contributed by atoms with van der Waals surface area (Å²) in [6.07, 6.45) is 2.25. The van der Waals surface area contributed by atoms with Crippen molar-refractivity contribution in [2.75, 3.05) is 25.0 Å². The molecule has 1 aromatic rings. The first kappa shape index (κ1) is 15.4. The Kier molecular flexibility index (Phi) is 5.24. The smallest absolute Gasteiger partial charge is 0.321 e. The molecule has 4 heteroatoms. The molecule has 2 N–H and O–H groups in total. The zero-order valence-corrected chi connectivity index (χ0v) is 12.6. The van der Waals surface area contributed by atoms with E-state index in [9.17, 15) is 4.79 Å². The maximum Gasteiger partial charge on any atom is 0.321 e. The van der Waals surface area contributed by atoms with E-state index in [0.717, 1.165) is 36.3 Å². The van der Waals surface area contributed by atoms with Gasteiger partial charge in [-0.1, -0.05) is 18.8 Å². The van der Waals surface area contributed by atoms with Crippen molar-refractivity contribution in [2.45, 2.75) is 26.7 Å². The molecular weight excluding hydrogens is 264 g/mol. The third-order valence-corrected chi connectivity index (χ3v) is 3.58. The van der Waals surface area contributed by atoms with Crippen molar-refractivity contribution >= 4 is 11.7 Å². The lowest BCUT2D eigenvalue weighted by Gasteiger charge is -2.31. The standard InChI is InChI=1S/C17H22N2O2/c1-13-5-3-7-19(12-13)17(21)18-16-10-14(2)9-15(11-16)6-4-8-20/h9-11,13,20H,3,5,7-8,12H2,1-2H3,(H,18,21). The minimum atomic E-state index is -0.165. The fourth-order valence-electron chi connectivity index (χ4n) is 2.65. The van der Waals surface area contributed by atoms with Gasteiger partial charge in [0.2, 0.25) is 0 Å². The number of anilines is 1. The molecule has 1 unspecified atom stereocenters. The van der Waals surface area contributed by atoms with E-state index in [-0.39, 0.29) is 12.6 Å². The summed E-state index contributed by atoms with van der Waals surface area (Å²) in [4.78, 5) is 14.2. The monoisotopic (exact) mass is 286 g/mol. The molecule has 1 fully saturated rings. The summed E-state index contributed by atoms with van der Waals surface area (Å²) in [5.74, 6) is 6.06. The van der Waals surface area contributed by atoms with Crippen molar-refractivity contribution in [1.82, 2.24) is 4.90 Å². The number of nitrogens with zero attached hydrogens (tertiary/aromatic N) is 1. The molecule has 1 heterocycles. The highest BCUT2D eigenvalue weighted by molar-refractivity contribution is 5.89. The molecule has 1 aromatic carbocycles. The molecule has 1 aliphatic rings. The Morgan fingerprint density at radius 1 is 1.48 bits per heavy atom. The summed E-state index contributed by atoms with van der Waals surface area (Å²) < 4.78 is 0. The van der Waals surface area contributed by atoms with E-state index in [1.54, 1.807) is 0 Å². The van der Waals surface area contributed by atoms with Crippen molar-refractivity contribution in [3.63, 3.8) is 0 Å². The van der Waals surface area contributed by atoms with Gasteiger partial charge in [0, 0.05) is 24.3 Å². The topological polar surface area (TPSA) is 52.6 Å². The molecule has 2 rings (SSSR count). The van der Waals surface area contributed by atoms with E-state index in [1.165, 1.54) is 6.42 Å². The second-order valence-corrected chi connectivity index (χ2v) is 5.67. The van der Waals surface area contributed by atoms with Crippen molar-refractivity contribution in [3.05, 3.63) is 29.3 Å². The molecule has 0 aromatic heterocycles. The van der Waals surface area contributed by atoms with Crippen LogP contribution in [0.3, 0.4) is 0 Å². The molecule has 0 bridgehead atoms. The average Bonchev–Trinajstić information content (AvgIpc) is 2.44. The first-order valence-corrected chi connectivity index (χ1v) is 7.36. The molecule has 1 aliphatic heterocycles. The van der Waals surface area contributed by atoms with E-state index in [4.69, 9.17) is 5.11 Å². The quantitative estimate of drug-likeness (QED) is 0.780. The Bertz CT molecular complexity index is 572. The highest BCUT2D eigenvalue weighted by Gasteiger charge is 2.20. The first-order chi connectivity index (χ1) is 10.1. The van der Waals surface area contributed by atoms with Gasteiger partial charge in [-0.25, -0.2) is 4.79 Å². The molecule has 112 valence electrons. The van der Waals surface area contributed by atoms with Gasteiger partial charge in [-0.3, -0.25) is 0 Å². The molecule has 0 spiro atoms. The number of carbonyl (C=O) groups excluding carboxylic acids is 1. The van der Waals surface area contributed by atoms with Gasteiger partial charge in [-0.05, 0) is 49.4 Å². The zero-order valence-electron chi connectivity index (χ0n) is 12.6. The summed E-state index contributed by atoms with van der Waals surface area (Å²) in [7, 11) is 0. The molecular formula is C17H22N2O2.